The minimum absolute atomic E-state index is 0.0759. The number of aliphatic hydroxyl groups excluding tert-OH is 3. The van der Waals surface area contributed by atoms with Gasteiger partial charge in [0.2, 0.25) is 6.29 Å². The molecular weight excluding hydrogens is 266 g/mol. The van der Waals surface area contributed by atoms with Gasteiger partial charge in [0.1, 0.15) is 30.2 Å². The molecule has 5 unspecified atom stereocenters. The number of rotatable bonds is 4. The van der Waals surface area contributed by atoms with Gasteiger partial charge in [0.15, 0.2) is 0 Å². The van der Waals surface area contributed by atoms with E-state index in [4.69, 9.17) is 19.9 Å². The Hall–Kier alpha value is -1.38. The summed E-state index contributed by atoms with van der Waals surface area (Å²) in [6.07, 6.45) is -5.86. The molecule has 7 heteroatoms. The fourth-order valence-electron chi connectivity index (χ4n) is 2.00. The monoisotopic (exact) mass is 285 g/mol. The van der Waals surface area contributed by atoms with Crippen LogP contribution in [0, 0.1) is 0 Å². The van der Waals surface area contributed by atoms with Gasteiger partial charge in [0, 0.05) is 12.8 Å². The number of benzene rings is 1. The number of aliphatic hydroxyl groups is 3. The number of methoxy groups -OCH3 is 1. The number of nitrogens with two attached hydrogens (primary N) is 1. The van der Waals surface area contributed by atoms with E-state index in [0.717, 1.165) is 0 Å². The van der Waals surface area contributed by atoms with Crippen molar-refractivity contribution < 1.29 is 29.5 Å². The molecule has 1 aliphatic rings. The van der Waals surface area contributed by atoms with Crippen LogP contribution in [-0.2, 0) is 9.47 Å². The maximum atomic E-state index is 9.88. The molecular formula is C13H19NO6. The topological polar surface area (TPSA) is 114 Å². The second-order valence-electron chi connectivity index (χ2n) is 4.66. The van der Waals surface area contributed by atoms with E-state index in [0.29, 0.717) is 11.4 Å². The van der Waals surface area contributed by atoms with Crippen molar-refractivity contribution in [3.63, 3.8) is 0 Å². The van der Waals surface area contributed by atoms with E-state index in [9.17, 15) is 15.3 Å². The maximum Gasteiger partial charge on any atom is 0.229 e. The highest BCUT2D eigenvalue weighted by molar-refractivity contribution is 5.41. The van der Waals surface area contributed by atoms with Crippen molar-refractivity contribution in [3.05, 3.63) is 24.3 Å². The minimum Gasteiger partial charge on any atom is -0.462 e. The third kappa shape index (κ3) is 3.20. The smallest absolute Gasteiger partial charge is 0.229 e. The quantitative estimate of drug-likeness (QED) is 0.530. The molecule has 2 rings (SSSR count). The summed E-state index contributed by atoms with van der Waals surface area (Å²) in [5.74, 6) is 0.433. The summed E-state index contributed by atoms with van der Waals surface area (Å²) < 4.78 is 15.8. The Morgan fingerprint density at radius 1 is 1.10 bits per heavy atom. The van der Waals surface area contributed by atoms with Crippen molar-refractivity contribution >= 4 is 5.69 Å². The average Bonchev–Trinajstić information content (AvgIpc) is 2.44. The van der Waals surface area contributed by atoms with E-state index in [1.807, 2.05) is 0 Å². The van der Waals surface area contributed by atoms with E-state index in [-0.39, 0.29) is 6.61 Å². The summed E-state index contributed by atoms with van der Waals surface area (Å²) in [6, 6.07) is 6.52. The maximum absolute atomic E-state index is 9.88. The van der Waals surface area contributed by atoms with E-state index < -0.39 is 30.7 Å². The van der Waals surface area contributed by atoms with Crippen LogP contribution in [-0.4, -0.2) is 59.7 Å². The summed E-state index contributed by atoms with van der Waals surface area (Å²) >= 11 is 0. The van der Waals surface area contributed by atoms with E-state index in [1.54, 1.807) is 24.3 Å². The van der Waals surface area contributed by atoms with Crippen LogP contribution in [0.1, 0.15) is 0 Å². The molecule has 0 spiro atoms. The fourth-order valence-corrected chi connectivity index (χ4v) is 2.00. The number of hydrogen-bond donors (Lipinski definition) is 4. The molecule has 0 aromatic heterocycles. The normalized spacial score (nSPS) is 33.9. The van der Waals surface area contributed by atoms with Gasteiger partial charge in [-0.2, -0.15) is 0 Å². The summed E-state index contributed by atoms with van der Waals surface area (Å²) in [5, 5.41) is 29.5. The third-order valence-electron chi connectivity index (χ3n) is 3.13. The number of hydrogen-bond acceptors (Lipinski definition) is 7. The Balaban J connectivity index is 2.07. The molecule has 0 amide bonds. The van der Waals surface area contributed by atoms with Crippen LogP contribution < -0.4 is 10.5 Å². The molecule has 1 aliphatic heterocycles. The predicted octanol–water partition coefficient (Wildman–Crippen LogP) is -0.898. The van der Waals surface area contributed by atoms with Gasteiger partial charge in [-0.15, -0.1) is 0 Å². The van der Waals surface area contributed by atoms with Gasteiger partial charge in [0.05, 0.1) is 6.61 Å². The van der Waals surface area contributed by atoms with Crippen molar-refractivity contribution in [1.82, 2.24) is 0 Å². The minimum atomic E-state index is -1.37. The van der Waals surface area contributed by atoms with Crippen LogP contribution in [0.2, 0.25) is 0 Å². The molecule has 112 valence electrons. The molecule has 1 heterocycles. The first-order valence-corrected chi connectivity index (χ1v) is 6.23. The Bertz CT molecular complexity index is 425. The standard InChI is InChI=1S/C13H19NO6/c1-18-6-9-10(15)11(16)12(17)13(20-9)19-8-4-2-7(14)3-5-8/h2-5,9-13,15-17H,6,14H2,1H3. The molecule has 5 atom stereocenters. The van der Waals surface area contributed by atoms with Crippen molar-refractivity contribution in [2.75, 3.05) is 19.5 Å². The highest BCUT2D eigenvalue weighted by atomic mass is 16.7. The second kappa shape index (κ2) is 6.38. The molecule has 0 radical (unpaired) electrons. The van der Waals surface area contributed by atoms with Gasteiger partial charge < -0.3 is 35.3 Å². The lowest BCUT2D eigenvalue weighted by molar-refractivity contribution is -0.278. The number of nitrogen functional groups attached to an aromatic ring is 1. The van der Waals surface area contributed by atoms with Crippen molar-refractivity contribution in [3.8, 4) is 5.75 Å². The van der Waals surface area contributed by atoms with Gasteiger partial charge >= 0.3 is 0 Å². The van der Waals surface area contributed by atoms with Gasteiger partial charge in [0.25, 0.3) is 0 Å². The SMILES string of the molecule is COCC1OC(Oc2ccc(N)cc2)C(O)C(O)C1O. The lowest BCUT2D eigenvalue weighted by Gasteiger charge is -2.39. The fraction of sp³-hybridized carbons (Fsp3) is 0.538. The molecule has 0 saturated carbocycles. The molecule has 1 aromatic rings. The first-order chi connectivity index (χ1) is 9.52. The molecule has 1 fully saturated rings. The molecule has 0 bridgehead atoms. The van der Waals surface area contributed by atoms with Crippen molar-refractivity contribution in [2.24, 2.45) is 0 Å². The molecule has 0 aliphatic carbocycles. The van der Waals surface area contributed by atoms with Gasteiger partial charge in [-0.25, -0.2) is 0 Å². The molecule has 1 aromatic carbocycles. The largest absolute Gasteiger partial charge is 0.462 e. The summed E-state index contributed by atoms with van der Waals surface area (Å²) in [6.45, 7) is 0.0759. The second-order valence-corrected chi connectivity index (χ2v) is 4.66. The lowest BCUT2D eigenvalue weighted by Crippen LogP contribution is -2.60. The highest BCUT2D eigenvalue weighted by Crippen LogP contribution is 2.24. The number of ether oxygens (including phenoxy) is 3. The Labute approximate surface area is 116 Å². The van der Waals surface area contributed by atoms with Crippen LogP contribution in [0.3, 0.4) is 0 Å². The Morgan fingerprint density at radius 2 is 1.75 bits per heavy atom. The van der Waals surface area contributed by atoms with Crippen LogP contribution in [0.4, 0.5) is 5.69 Å². The summed E-state index contributed by atoms with van der Waals surface area (Å²) in [5.41, 5.74) is 6.14. The molecule has 20 heavy (non-hydrogen) atoms. The summed E-state index contributed by atoms with van der Waals surface area (Å²) in [7, 11) is 1.45. The molecule has 1 saturated heterocycles. The number of anilines is 1. The average molecular weight is 285 g/mol. The van der Waals surface area contributed by atoms with Gasteiger partial charge in [-0.1, -0.05) is 0 Å². The Kier molecular flexibility index (Phi) is 4.79. The first kappa shape index (κ1) is 15.0. The van der Waals surface area contributed by atoms with E-state index in [2.05, 4.69) is 0 Å². The molecule has 5 N–H and O–H groups in total. The highest BCUT2D eigenvalue weighted by Gasteiger charge is 2.44. The zero-order valence-corrected chi connectivity index (χ0v) is 11.0. The van der Waals surface area contributed by atoms with E-state index >= 15 is 0 Å². The lowest BCUT2D eigenvalue weighted by atomic mass is 9.99. The third-order valence-corrected chi connectivity index (χ3v) is 3.13. The molecule has 7 nitrogen and oxygen atoms in total. The van der Waals surface area contributed by atoms with Crippen LogP contribution in [0.15, 0.2) is 24.3 Å². The zero-order valence-electron chi connectivity index (χ0n) is 11.0. The van der Waals surface area contributed by atoms with Gasteiger partial charge in [-0.3, -0.25) is 0 Å². The van der Waals surface area contributed by atoms with Crippen LogP contribution >= 0.6 is 0 Å². The van der Waals surface area contributed by atoms with E-state index in [1.165, 1.54) is 7.11 Å². The van der Waals surface area contributed by atoms with Gasteiger partial charge in [-0.05, 0) is 24.3 Å². The van der Waals surface area contributed by atoms with Crippen LogP contribution in [0.25, 0.3) is 0 Å². The zero-order chi connectivity index (χ0) is 14.7. The van der Waals surface area contributed by atoms with Crippen molar-refractivity contribution in [1.29, 1.82) is 0 Å². The summed E-state index contributed by atoms with van der Waals surface area (Å²) in [4.78, 5) is 0. The Morgan fingerprint density at radius 3 is 2.35 bits per heavy atom. The predicted molar refractivity (Wildman–Crippen MR) is 70.0 cm³/mol. The van der Waals surface area contributed by atoms with Crippen LogP contribution in [0.5, 0.6) is 5.75 Å². The first-order valence-electron chi connectivity index (χ1n) is 6.23. The van der Waals surface area contributed by atoms with Crippen molar-refractivity contribution in [2.45, 2.75) is 30.7 Å².